The molecular weight excluding hydrogens is 252 g/mol. The van der Waals surface area contributed by atoms with E-state index in [4.69, 9.17) is 17.3 Å². The average Bonchev–Trinajstić information content (AvgIpc) is 2.35. The van der Waals surface area contributed by atoms with Crippen LogP contribution in [0.25, 0.3) is 0 Å². The third-order valence-electron chi connectivity index (χ3n) is 3.03. The van der Waals surface area contributed by atoms with Crippen LogP contribution in [0.1, 0.15) is 30.9 Å². The molecule has 2 nitrogen and oxygen atoms in total. The highest BCUT2D eigenvalue weighted by atomic mass is 35.5. The Bertz CT molecular complexity index is 370. The Morgan fingerprint density at radius 3 is 3.12 bits per heavy atom. The van der Waals surface area contributed by atoms with Crippen molar-refractivity contribution in [3.8, 4) is 0 Å². The van der Waals surface area contributed by atoms with E-state index in [9.17, 15) is 0 Å². The van der Waals surface area contributed by atoms with E-state index in [0.717, 1.165) is 31.0 Å². The Balaban J connectivity index is 1.98. The van der Waals surface area contributed by atoms with Gasteiger partial charge in [0, 0.05) is 16.0 Å². The Labute approximate surface area is 112 Å². The van der Waals surface area contributed by atoms with E-state index in [0.29, 0.717) is 6.04 Å². The minimum atomic E-state index is 0.461. The van der Waals surface area contributed by atoms with Crippen LogP contribution in [0.5, 0.6) is 0 Å². The number of rotatable bonds is 5. The molecule has 1 aromatic carbocycles. The van der Waals surface area contributed by atoms with Crippen LogP contribution in [0, 0.1) is 0 Å². The van der Waals surface area contributed by atoms with Crippen molar-refractivity contribution in [2.75, 3.05) is 18.8 Å². The molecule has 2 rings (SSSR count). The first kappa shape index (κ1) is 13.2. The zero-order valence-electron chi connectivity index (χ0n) is 9.92. The van der Waals surface area contributed by atoms with Gasteiger partial charge >= 0.3 is 0 Å². The lowest BCUT2D eigenvalue weighted by atomic mass is 10.0. The summed E-state index contributed by atoms with van der Waals surface area (Å²) in [5.41, 5.74) is 6.86. The highest BCUT2D eigenvalue weighted by Gasteiger charge is 2.20. The van der Waals surface area contributed by atoms with Crippen LogP contribution in [-0.2, 0) is 0 Å². The molecule has 0 radical (unpaired) electrons. The van der Waals surface area contributed by atoms with Crippen molar-refractivity contribution in [3.05, 3.63) is 28.8 Å². The summed E-state index contributed by atoms with van der Waals surface area (Å²) >= 11 is 8.00. The van der Waals surface area contributed by atoms with E-state index in [1.807, 2.05) is 17.8 Å². The fraction of sp³-hybridized carbons (Fsp3) is 0.538. The zero-order chi connectivity index (χ0) is 12.1. The minimum Gasteiger partial charge on any atom is -0.330 e. The van der Waals surface area contributed by atoms with E-state index in [1.54, 1.807) is 0 Å². The van der Waals surface area contributed by atoms with E-state index >= 15 is 0 Å². The molecular formula is C13H19ClN2S. The van der Waals surface area contributed by atoms with Crippen molar-refractivity contribution in [3.63, 3.8) is 0 Å². The monoisotopic (exact) mass is 270 g/mol. The van der Waals surface area contributed by atoms with Gasteiger partial charge in [-0.2, -0.15) is 0 Å². The number of halogens is 1. The molecule has 0 saturated carbocycles. The van der Waals surface area contributed by atoms with Gasteiger partial charge in [-0.3, -0.25) is 0 Å². The summed E-state index contributed by atoms with van der Waals surface area (Å²) in [7, 11) is 0. The van der Waals surface area contributed by atoms with Gasteiger partial charge in [-0.05, 0) is 61.9 Å². The molecule has 1 aromatic rings. The number of nitrogens with one attached hydrogen (secondary N) is 1. The zero-order valence-corrected chi connectivity index (χ0v) is 11.5. The second-order valence-corrected chi connectivity index (χ2v) is 5.89. The molecule has 1 atom stereocenters. The number of fused-ring (bicyclic) bond motifs is 1. The molecule has 3 N–H and O–H groups in total. The fourth-order valence-corrected chi connectivity index (χ4v) is 3.41. The average molecular weight is 271 g/mol. The number of unbranched alkanes of at least 4 members (excludes halogenated alkanes) is 1. The number of hydrogen-bond acceptors (Lipinski definition) is 3. The number of thioether (sulfide) groups is 1. The number of hydrogen-bond donors (Lipinski definition) is 2. The molecule has 0 saturated heterocycles. The molecule has 0 bridgehead atoms. The van der Waals surface area contributed by atoms with Gasteiger partial charge < -0.3 is 11.1 Å². The lowest BCUT2D eigenvalue weighted by Gasteiger charge is -2.26. The Kier molecular flexibility index (Phi) is 5.16. The highest BCUT2D eigenvalue weighted by Crippen LogP contribution is 2.37. The summed E-state index contributed by atoms with van der Waals surface area (Å²) in [6.45, 7) is 1.82. The lowest BCUT2D eigenvalue weighted by molar-refractivity contribution is 0.497. The third kappa shape index (κ3) is 3.62. The topological polar surface area (TPSA) is 38.0 Å². The van der Waals surface area contributed by atoms with Gasteiger partial charge in [0.2, 0.25) is 0 Å². The van der Waals surface area contributed by atoms with Crippen LogP contribution in [0.15, 0.2) is 23.1 Å². The molecule has 0 spiro atoms. The van der Waals surface area contributed by atoms with Crippen LogP contribution in [-0.4, -0.2) is 18.8 Å². The standard InChI is InChI=1S/C13H19ClN2S/c14-10-3-4-13-11(9-10)12(5-8-17-13)16-7-2-1-6-15/h3-4,9,12,16H,1-2,5-8,15H2. The Morgan fingerprint density at radius 1 is 1.41 bits per heavy atom. The lowest BCUT2D eigenvalue weighted by Crippen LogP contribution is -2.25. The van der Waals surface area contributed by atoms with Crippen LogP contribution < -0.4 is 11.1 Å². The Morgan fingerprint density at radius 2 is 2.29 bits per heavy atom. The summed E-state index contributed by atoms with van der Waals surface area (Å²) in [6.07, 6.45) is 3.42. The summed E-state index contributed by atoms with van der Waals surface area (Å²) in [6, 6.07) is 6.67. The first-order valence-corrected chi connectivity index (χ1v) is 7.53. The number of nitrogens with two attached hydrogens (primary N) is 1. The van der Waals surface area contributed by atoms with Crippen molar-refractivity contribution >= 4 is 23.4 Å². The molecule has 0 amide bonds. The second-order valence-electron chi connectivity index (χ2n) is 4.32. The van der Waals surface area contributed by atoms with E-state index < -0.39 is 0 Å². The molecule has 0 fully saturated rings. The molecule has 1 unspecified atom stereocenters. The summed E-state index contributed by atoms with van der Waals surface area (Å²) in [5.74, 6) is 1.18. The molecule has 94 valence electrons. The van der Waals surface area contributed by atoms with E-state index in [-0.39, 0.29) is 0 Å². The molecule has 4 heteroatoms. The van der Waals surface area contributed by atoms with Gasteiger partial charge in [-0.15, -0.1) is 11.8 Å². The SMILES string of the molecule is NCCCCNC1CCSc2ccc(Cl)cc21. The molecule has 1 aliphatic heterocycles. The third-order valence-corrected chi connectivity index (χ3v) is 4.39. The predicted octanol–water partition coefficient (Wildman–Crippen LogP) is 3.21. The maximum Gasteiger partial charge on any atom is 0.0410 e. The smallest absolute Gasteiger partial charge is 0.0410 e. The van der Waals surface area contributed by atoms with Crippen LogP contribution in [0.3, 0.4) is 0 Å². The highest BCUT2D eigenvalue weighted by molar-refractivity contribution is 7.99. The van der Waals surface area contributed by atoms with Gasteiger partial charge in [0.05, 0.1) is 0 Å². The normalized spacial score (nSPS) is 19.1. The van der Waals surface area contributed by atoms with Crippen LogP contribution in [0.4, 0.5) is 0 Å². The summed E-state index contributed by atoms with van der Waals surface area (Å²) < 4.78 is 0. The van der Waals surface area contributed by atoms with Crippen molar-refractivity contribution in [1.29, 1.82) is 0 Å². The maximum atomic E-state index is 6.07. The van der Waals surface area contributed by atoms with Gasteiger partial charge in [0.15, 0.2) is 0 Å². The van der Waals surface area contributed by atoms with Gasteiger partial charge in [0.25, 0.3) is 0 Å². The van der Waals surface area contributed by atoms with E-state index in [2.05, 4.69) is 17.4 Å². The maximum absolute atomic E-state index is 6.07. The molecule has 17 heavy (non-hydrogen) atoms. The van der Waals surface area contributed by atoms with Crippen molar-refractivity contribution in [2.24, 2.45) is 5.73 Å². The van der Waals surface area contributed by atoms with Gasteiger partial charge in [-0.25, -0.2) is 0 Å². The quantitative estimate of drug-likeness (QED) is 0.807. The largest absolute Gasteiger partial charge is 0.330 e. The van der Waals surface area contributed by atoms with Crippen molar-refractivity contribution in [1.82, 2.24) is 5.32 Å². The van der Waals surface area contributed by atoms with Gasteiger partial charge in [-0.1, -0.05) is 11.6 Å². The van der Waals surface area contributed by atoms with Crippen LogP contribution in [0.2, 0.25) is 5.02 Å². The van der Waals surface area contributed by atoms with Gasteiger partial charge in [0.1, 0.15) is 0 Å². The summed E-state index contributed by atoms with van der Waals surface area (Å²) in [5, 5.41) is 4.45. The van der Waals surface area contributed by atoms with E-state index in [1.165, 1.54) is 22.6 Å². The van der Waals surface area contributed by atoms with Crippen molar-refractivity contribution in [2.45, 2.75) is 30.2 Å². The van der Waals surface area contributed by atoms with Crippen LogP contribution >= 0.6 is 23.4 Å². The minimum absolute atomic E-state index is 0.461. The molecule has 1 heterocycles. The predicted molar refractivity (Wildman–Crippen MR) is 75.8 cm³/mol. The molecule has 0 aromatic heterocycles. The second kappa shape index (κ2) is 6.64. The molecule has 0 aliphatic carbocycles. The Hall–Kier alpha value is -0.220. The fourth-order valence-electron chi connectivity index (χ4n) is 2.12. The molecule has 1 aliphatic rings. The summed E-state index contributed by atoms with van der Waals surface area (Å²) in [4.78, 5) is 1.37. The number of benzene rings is 1. The first-order valence-electron chi connectivity index (χ1n) is 6.17. The van der Waals surface area contributed by atoms with Crippen molar-refractivity contribution < 1.29 is 0 Å². The first-order chi connectivity index (χ1) is 8.31.